The number of nitrogens with one attached hydrogen (secondary N) is 2. The first-order valence-corrected chi connectivity index (χ1v) is 11.5. The van der Waals surface area contributed by atoms with Gasteiger partial charge in [-0.2, -0.15) is 10.4 Å². The molecule has 2 unspecified atom stereocenters. The molecule has 3 atom stereocenters. The van der Waals surface area contributed by atoms with Crippen LogP contribution in [0.2, 0.25) is 0 Å². The van der Waals surface area contributed by atoms with E-state index in [4.69, 9.17) is 0 Å². The number of carbonyl (C=O) groups excluding carboxylic acids is 1. The van der Waals surface area contributed by atoms with Gasteiger partial charge in [0, 0.05) is 60.2 Å². The first kappa shape index (κ1) is 21.6. The Balaban J connectivity index is 1.37. The standard InChI is InChI=1S/C25H26N8O/c1-3-16(2)30-24(34)17-4-6-21(7-5-17)32-14-19(8-10-26)25(32)33-15-20(13-29-33)23-28-12-18-9-11-27-22(18)31-23/h4-7,9,11-13,15-16,19,25H,3,8,14H2,1-2H3,(H,30,34)(H,27,28,31)/t16-,19?,25?/m1/s1. The van der Waals surface area contributed by atoms with Crippen LogP contribution in [0.4, 0.5) is 5.69 Å². The summed E-state index contributed by atoms with van der Waals surface area (Å²) < 4.78 is 1.88. The van der Waals surface area contributed by atoms with Crippen LogP contribution < -0.4 is 10.2 Å². The van der Waals surface area contributed by atoms with Gasteiger partial charge in [0.15, 0.2) is 5.82 Å². The third-order valence-corrected chi connectivity index (χ3v) is 6.41. The molecular weight excluding hydrogens is 428 g/mol. The highest BCUT2D eigenvalue weighted by Gasteiger charge is 2.41. The molecule has 1 amide bonds. The lowest BCUT2D eigenvalue weighted by Gasteiger charge is -2.48. The van der Waals surface area contributed by atoms with Gasteiger partial charge in [-0.05, 0) is 43.7 Å². The van der Waals surface area contributed by atoms with E-state index in [9.17, 15) is 10.1 Å². The molecule has 34 heavy (non-hydrogen) atoms. The largest absolute Gasteiger partial charge is 0.350 e. The van der Waals surface area contributed by atoms with Crippen LogP contribution in [0.5, 0.6) is 0 Å². The monoisotopic (exact) mass is 454 g/mol. The van der Waals surface area contributed by atoms with E-state index in [1.54, 1.807) is 12.4 Å². The number of H-pyrrole nitrogens is 1. The van der Waals surface area contributed by atoms with Crippen molar-refractivity contribution in [2.45, 2.75) is 38.9 Å². The number of aromatic amines is 1. The fourth-order valence-electron chi connectivity index (χ4n) is 4.27. The van der Waals surface area contributed by atoms with Crippen LogP contribution in [0.25, 0.3) is 22.4 Å². The minimum atomic E-state index is -0.0950. The second kappa shape index (κ2) is 8.98. The van der Waals surface area contributed by atoms with E-state index in [0.29, 0.717) is 17.8 Å². The lowest BCUT2D eigenvalue weighted by atomic mass is 9.91. The second-order valence-electron chi connectivity index (χ2n) is 8.70. The molecule has 0 aliphatic carbocycles. The Bertz CT molecular complexity index is 1350. The van der Waals surface area contributed by atoms with Crippen molar-refractivity contribution in [3.63, 3.8) is 0 Å². The molecule has 2 N–H and O–H groups in total. The zero-order valence-electron chi connectivity index (χ0n) is 19.1. The highest BCUT2D eigenvalue weighted by molar-refractivity contribution is 5.94. The number of nitrogens with zero attached hydrogens (tertiary/aromatic N) is 6. The van der Waals surface area contributed by atoms with Crippen LogP contribution >= 0.6 is 0 Å². The molecule has 4 aromatic rings. The molecule has 3 aromatic heterocycles. The fraction of sp³-hybridized carbons (Fsp3) is 0.320. The summed E-state index contributed by atoms with van der Waals surface area (Å²) in [6, 6.07) is 12.0. The molecule has 9 nitrogen and oxygen atoms in total. The van der Waals surface area contributed by atoms with Gasteiger partial charge >= 0.3 is 0 Å². The molecule has 0 radical (unpaired) electrons. The van der Waals surface area contributed by atoms with E-state index in [1.165, 1.54) is 0 Å². The minimum Gasteiger partial charge on any atom is -0.350 e. The van der Waals surface area contributed by atoms with Gasteiger partial charge in [-0.15, -0.1) is 0 Å². The van der Waals surface area contributed by atoms with Gasteiger partial charge in [0.2, 0.25) is 0 Å². The van der Waals surface area contributed by atoms with Gasteiger partial charge in [0.25, 0.3) is 5.91 Å². The number of hydrogen-bond acceptors (Lipinski definition) is 6. The van der Waals surface area contributed by atoms with Crippen molar-refractivity contribution in [3.8, 4) is 17.5 Å². The first-order valence-electron chi connectivity index (χ1n) is 11.5. The molecule has 0 bridgehead atoms. The third kappa shape index (κ3) is 3.99. The summed E-state index contributed by atoms with van der Waals surface area (Å²) in [6.07, 6.45) is 8.54. The summed E-state index contributed by atoms with van der Waals surface area (Å²) in [5.41, 5.74) is 3.22. The maximum absolute atomic E-state index is 12.4. The molecule has 9 heteroatoms. The SMILES string of the molecule is CC[C@@H](C)NC(=O)c1ccc(N2CC(CC#N)C2n2cc(-c3ncc4cc[nH]c4n3)cn2)cc1. The van der Waals surface area contributed by atoms with Crippen LogP contribution in [-0.4, -0.2) is 43.2 Å². The summed E-state index contributed by atoms with van der Waals surface area (Å²) in [4.78, 5) is 26.8. The van der Waals surface area contributed by atoms with E-state index >= 15 is 0 Å². The van der Waals surface area contributed by atoms with Crippen LogP contribution in [0.15, 0.2) is 55.1 Å². The number of rotatable bonds is 7. The predicted octanol–water partition coefficient (Wildman–Crippen LogP) is 3.90. The predicted molar refractivity (Wildman–Crippen MR) is 129 cm³/mol. The Kier molecular flexibility index (Phi) is 5.72. The first-order chi connectivity index (χ1) is 16.6. The molecule has 1 aliphatic heterocycles. The van der Waals surface area contributed by atoms with E-state index in [1.807, 2.05) is 61.3 Å². The third-order valence-electron chi connectivity index (χ3n) is 6.41. The summed E-state index contributed by atoms with van der Waals surface area (Å²) in [6.45, 7) is 4.78. The molecular formula is C25H26N8O. The molecule has 0 saturated carbocycles. The average molecular weight is 455 g/mol. The van der Waals surface area contributed by atoms with Crippen molar-refractivity contribution < 1.29 is 4.79 Å². The molecule has 1 saturated heterocycles. The summed E-state index contributed by atoms with van der Waals surface area (Å²) in [5, 5.41) is 17.8. The normalized spacial score (nSPS) is 18.3. The van der Waals surface area contributed by atoms with Gasteiger partial charge in [-0.1, -0.05) is 6.92 Å². The van der Waals surface area contributed by atoms with Gasteiger partial charge in [0.1, 0.15) is 11.8 Å². The topological polar surface area (TPSA) is 116 Å². The molecule has 172 valence electrons. The minimum absolute atomic E-state index is 0.0702. The second-order valence-corrected chi connectivity index (χ2v) is 8.70. The Morgan fingerprint density at radius 2 is 2.12 bits per heavy atom. The van der Waals surface area contributed by atoms with E-state index in [2.05, 4.69) is 36.3 Å². The highest BCUT2D eigenvalue weighted by atomic mass is 16.1. The molecule has 1 aromatic carbocycles. The zero-order valence-corrected chi connectivity index (χ0v) is 19.1. The fourth-order valence-corrected chi connectivity index (χ4v) is 4.27. The maximum Gasteiger partial charge on any atom is 0.251 e. The highest BCUT2D eigenvalue weighted by Crippen LogP contribution is 2.40. The Hall–Kier alpha value is -4.19. The van der Waals surface area contributed by atoms with Gasteiger partial charge < -0.3 is 15.2 Å². The van der Waals surface area contributed by atoms with Crippen molar-refractivity contribution >= 4 is 22.6 Å². The van der Waals surface area contributed by atoms with Crippen LogP contribution in [0.1, 0.15) is 43.2 Å². The lowest BCUT2D eigenvalue weighted by molar-refractivity contribution is 0.0939. The molecule has 1 aliphatic rings. The van der Waals surface area contributed by atoms with Gasteiger partial charge in [-0.25, -0.2) is 14.6 Å². The van der Waals surface area contributed by atoms with Crippen molar-refractivity contribution in [2.75, 3.05) is 11.4 Å². The Labute approximate surface area is 197 Å². The summed E-state index contributed by atoms with van der Waals surface area (Å²) in [5.74, 6) is 0.678. The Morgan fingerprint density at radius 3 is 2.88 bits per heavy atom. The van der Waals surface area contributed by atoms with Crippen molar-refractivity contribution in [1.29, 1.82) is 5.26 Å². The van der Waals surface area contributed by atoms with Gasteiger partial charge in [-0.3, -0.25) is 4.79 Å². The Morgan fingerprint density at radius 1 is 1.29 bits per heavy atom. The quantitative estimate of drug-likeness (QED) is 0.438. The van der Waals surface area contributed by atoms with Crippen LogP contribution in [0.3, 0.4) is 0 Å². The van der Waals surface area contributed by atoms with E-state index in [-0.39, 0.29) is 24.0 Å². The lowest BCUT2D eigenvalue weighted by Crippen LogP contribution is -2.52. The maximum atomic E-state index is 12.4. The molecule has 4 heterocycles. The zero-order chi connectivity index (χ0) is 23.7. The number of carbonyl (C=O) groups is 1. The number of benzene rings is 1. The number of amides is 1. The number of anilines is 1. The molecule has 5 rings (SSSR count). The average Bonchev–Trinajstić information content (AvgIpc) is 3.50. The van der Waals surface area contributed by atoms with Crippen LogP contribution in [0, 0.1) is 17.2 Å². The number of hydrogen-bond donors (Lipinski definition) is 2. The smallest absolute Gasteiger partial charge is 0.251 e. The number of nitriles is 1. The summed E-state index contributed by atoms with van der Waals surface area (Å²) >= 11 is 0. The van der Waals surface area contributed by atoms with Crippen LogP contribution in [-0.2, 0) is 0 Å². The number of aromatic nitrogens is 5. The molecule has 0 spiro atoms. The van der Waals surface area contributed by atoms with E-state index < -0.39 is 0 Å². The van der Waals surface area contributed by atoms with Crippen molar-refractivity contribution in [1.82, 2.24) is 30.0 Å². The summed E-state index contributed by atoms with van der Waals surface area (Å²) in [7, 11) is 0. The number of fused-ring (bicyclic) bond motifs is 1. The van der Waals surface area contributed by atoms with Crippen molar-refractivity contribution in [2.24, 2.45) is 5.92 Å². The molecule has 1 fully saturated rings. The van der Waals surface area contributed by atoms with Gasteiger partial charge in [0.05, 0.1) is 17.8 Å². The van der Waals surface area contributed by atoms with E-state index in [0.717, 1.165) is 35.2 Å². The van der Waals surface area contributed by atoms with Crippen molar-refractivity contribution in [3.05, 3.63) is 60.7 Å².